The number of cyclic esters (lactones) is 1. The van der Waals surface area contributed by atoms with Crippen molar-refractivity contribution in [2.45, 2.75) is 44.4 Å². The highest BCUT2D eigenvalue weighted by Gasteiger charge is 2.74. The van der Waals surface area contributed by atoms with Gasteiger partial charge in [0, 0.05) is 18.8 Å². The van der Waals surface area contributed by atoms with Crippen LogP contribution in [0.25, 0.3) is 0 Å². The number of para-hydroxylation sites is 1. The molecule has 180 valence electrons. The van der Waals surface area contributed by atoms with E-state index in [9.17, 15) is 19.5 Å². The fraction of sp³-hybridized carbons (Fsp3) is 0.500. The highest BCUT2D eigenvalue weighted by molar-refractivity contribution is 6.06. The van der Waals surface area contributed by atoms with E-state index in [1.807, 2.05) is 50.3 Å². The van der Waals surface area contributed by atoms with E-state index in [1.54, 1.807) is 17.9 Å². The van der Waals surface area contributed by atoms with Gasteiger partial charge >= 0.3 is 5.97 Å². The van der Waals surface area contributed by atoms with E-state index in [0.29, 0.717) is 13.0 Å². The molecule has 0 radical (unpaired) electrons. The maximum absolute atomic E-state index is 14.2. The number of fused-ring (bicyclic) bond motifs is 2. The van der Waals surface area contributed by atoms with Crippen molar-refractivity contribution in [3.05, 3.63) is 53.6 Å². The van der Waals surface area contributed by atoms with Gasteiger partial charge in [-0.05, 0) is 38.3 Å². The van der Waals surface area contributed by atoms with Crippen molar-refractivity contribution >= 4 is 23.5 Å². The molecule has 1 aromatic carbocycles. The highest BCUT2D eigenvalue weighted by atomic mass is 16.6. The fourth-order valence-electron chi connectivity index (χ4n) is 6.27. The van der Waals surface area contributed by atoms with E-state index in [1.165, 1.54) is 4.90 Å². The Morgan fingerprint density at radius 3 is 2.50 bits per heavy atom. The zero-order valence-corrected chi connectivity index (χ0v) is 19.7. The Hall–Kier alpha value is -2.97. The Morgan fingerprint density at radius 2 is 1.79 bits per heavy atom. The molecule has 1 aromatic rings. The third-order valence-corrected chi connectivity index (χ3v) is 7.57. The lowest BCUT2D eigenvalue weighted by Gasteiger charge is -2.38. The van der Waals surface area contributed by atoms with E-state index >= 15 is 0 Å². The van der Waals surface area contributed by atoms with Gasteiger partial charge < -0.3 is 24.4 Å². The summed E-state index contributed by atoms with van der Waals surface area (Å²) in [5, 5.41) is 9.76. The fourth-order valence-corrected chi connectivity index (χ4v) is 6.27. The number of nitrogens with zero attached hydrogens (tertiary/aromatic N) is 2. The van der Waals surface area contributed by atoms with Crippen molar-refractivity contribution < 1.29 is 29.0 Å². The van der Waals surface area contributed by atoms with Crippen LogP contribution in [0.5, 0.6) is 0 Å². The quantitative estimate of drug-likeness (QED) is 0.538. The number of ether oxygens (including phenoxy) is 2. The molecule has 5 atom stereocenters. The number of esters is 1. The second-order valence-corrected chi connectivity index (χ2v) is 9.70. The molecule has 0 aliphatic carbocycles. The minimum absolute atomic E-state index is 0.0282. The van der Waals surface area contributed by atoms with Crippen LogP contribution in [0.15, 0.2) is 42.5 Å². The molecule has 8 nitrogen and oxygen atoms in total. The van der Waals surface area contributed by atoms with Gasteiger partial charge in [-0.25, -0.2) is 0 Å². The molecule has 2 saturated heterocycles. The van der Waals surface area contributed by atoms with Crippen molar-refractivity contribution in [1.82, 2.24) is 4.90 Å². The third-order valence-electron chi connectivity index (χ3n) is 7.57. The average molecular weight is 467 g/mol. The minimum atomic E-state index is -1.35. The van der Waals surface area contributed by atoms with Crippen LogP contribution in [0.4, 0.5) is 5.69 Å². The molecule has 4 heterocycles. The predicted octanol–water partition coefficient (Wildman–Crippen LogP) is 1.67. The summed E-state index contributed by atoms with van der Waals surface area (Å²) in [6.45, 7) is 5.88. The van der Waals surface area contributed by atoms with Crippen molar-refractivity contribution in [2.24, 2.45) is 11.8 Å². The van der Waals surface area contributed by atoms with E-state index in [4.69, 9.17) is 9.47 Å². The number of β-amino-alcohol motifs (C(OH)–C–C–N with tert-alkyl or cyclic N) is 1. The Bertz CT molecular complexity index is 1090. The molecule has 1 spiro atoms. The number of hydrogen-bond acceptors (Lipinski definition) is 6. The molecule has 0 bridgehead atoms. The number of anilines is 1. The van der Waals surface area contributed by atoms with Crippen LogP contribution >= 0.6 is 0 Å². The molecule has 2 fully saturated rings. The molecular weight excluding hydrogens is 436 g/mol. The number of aliphatic hydroxyl groups is 1. The summed E-state index contributed by atoms with van der Waals surface area (Å²) in [5.41, 5.74) is 0.240. The lowest BCUT2D eigenvalue weighted by Crippen LogP contribution is -2.56. The molecular formula is C26H30N2O6. The smallest absolute Gasteiger partial charge is 0.313 e. The molecule has 8 heteroatoms. The summed E-state index contributed by atoms with van der Waals surface area (Å²) < 4.78 is 12.1. The molecule has 4 aliphatic heterocycles. The SMILES string of the molecule is Cc1cccc(C)c1N1CC=C[C@]23O[C@]4(C)C=CCCOC(=O)[C@@H]4[C@H]2C(=O)N(CCO)C3C1=O. The number of likely N-dealkylation sites (tertiary alicyclic amines) is 1. The van der Waals surface area contributed by atoms with Crippen LogP contribution in [0.2, 0.25) is 0 Å². The summed E-state index contributed by atoms with van der Waals surface area (Å²) in [7, 11) is 0. The Labute approximate surface area is 198 Å². The van der Waals surface area contributed by atoms with Gasteiger partial charge in [-0.2, -0.15) is 0 Å². The lowest BCUT2D eigenvalue weighted by atomic mass is 9.74. The first kappa shape index (κ1) is 22.8. The first-order chi connectivity index (χ1) is 16.2. The van der Waals surface area contributed by atoms with Gasteiger partial charge in [0.05, 0.1) is 24.7 Å². The summed E-state index contributed by atoms with van der Waals surface area (Å²) in [4.78, 5) is 44.2. The Morgan fingerprint density at radius 1 is 1.06 bits per heavy atom. The van der Waals surface area contributed by atoms with E-state index in [0.717, 1.165) is 16.8 Å². The molecule has 2 amide bonds. The monoisotopic (exact) mass is 466 g/mol. The van der Waals surface area contributed by atoms with Crippen LogP contribution in [0.3, 0.4) is 0 Å². The van der Waals surface area contributed by atoms with Crippen molar-refractivity contribution in [2.75, 3.05) is 31.2 Å². The zero-order chi connectivity index (χ0) is 24.3. The third kappa shape index (κ3) is 3.08. The second kappa shape index (κ2) is 8.06. The summed E-state index contributed by atoms with van der Waals surface area (Å²) in [5.74, 6) is -2.99. The van der Waals surface area contributed by atoms with E-state index in [-0.39, 0.29) is 31.6 Å². The Kier molecular flexibility index (Phi) is 5.41. The molecule has 1 unspecified atom stereocenters. The maximum Gasteiger partial charge on any atom is 0.313 e. The van der Waals surface area contributed by atoms with Gasteiger partial charge in [-0.1, -0.05) is 42.5 Å². The van der Waals surface area contributed by atoms with Crippen LogP contribution in [0.1, 0.15) is 24.5 Å². The number of aryl methyl sites for hydroxylation is 2. The number of carbonyl (C=O) groups excluding carboxylic acids is 3. The first-order valence-electron chi connectivity index (χ1n) is 11.8. The number of carbonyl (C=O) groups is 3. The number of hydrogen-bond donors (Lipinski definition) is 1. The molecule has 4 aliphatic rings. The number of aliphatic hydroxyl groups excluding tert-OH is 1. The Balaban J connectivity index is 1.67. The second-order valence-electron chi connectivity index (χ2n) is 9.70. The zero-order valence-electron chi connectivity index (χ0n) is 19.7. The summed E-state index contributed by atoms with van der Waals surface area (Å²) in [6, 6.07) is 4.82. The van der Waals surface area contributed by atoms with Gasteiger partial charge in [0.2, 0.25) is 5.91 Å². The average Bonchev–Trinajstić information content (AvgIpc) is 3.09. The molecule has 0 aromatic heterocycles. The first-order valence-corrected chi connectivity index (χ1v) is 11.8. The summed E-state index contributed by atoms with van der Waals surface area (Å²) in [6.07, 6.45) is 7.92. The van der Waals surface area contributed by atoms with Gasteiger partial charge in [-0.15, -0.1) is 0 Å². The molecule has 0 saturated carbocycles. The normalized spacial score (nSPS) is 34.8. The van der Waals surface area contributed by atoms with E-state index < -0.39 is 35.0 Å². The van der Waals surface area contributed by atoms with Crippen molar-refractivity contribution in [3.63, 3.8) is 0 Å². The van der Waals surface area contributed by atoms with Crippen molar-refractivity contribution in [3.8, 4) is 0 Å². The predicted molar refractivity (Wildman–Crippen MR) is 124 cm³/mol. The molecule has 5 rings (SSSR count). The van der Waals surface area contributed by atoms with Gasteiger partial charge in [0.25, 0.3) is 5.91 Å². The minimum Gasteiger partial charge on any atom is -0.465 e. The summed E-state index contributed by atoms with van der Waals surface area (Å²) >= 11 is 0. The van der Waals surface area contributed by atoms with Gasteiger partial charge in [-0.3, -0.25) is 14.4 Å². The van der Waals surface area contributed by atoms with Crippen LogP contribution < -0.4 is 4.90 Å². The van der Waals surface area contributed by atoms with Crippen LogP contribution in [-0.4, -0.2) is 71.3 Å². The van der Waals surface area contributed by atoms with Crippen LogP contribution in [-0.2, 0) is 23.9 Å². The van der Waals surface area contributed by atoms with Gasteiger partial charge in [0.1, 0.15) is 17.6 Å². The van der Waals surface area contributed by atoms with Crippen molar-refractivity contribution in [1.29, 1.82) is 0 Å². The number of amides is 2. The highest BCUT2D eigenvalue weighted by Crippen LogP contribution is 2.57. The van der Waals surface area contributed by atoms with Crippen LogP contribution in [0, 0.1) is 25.7 Å². The standard InChI is InChI=1S/C26H30N2O6/c1-16-8-6-9-17(2)20(16)27-12-7-11-26-18(22(30)28(13-14-29)21(26)23(27)31)19-24(32)33-15-5-4-10-25(19,3)34-26/h4,6-11,18-19,21,29H,5,12-15H2,1-3H3/t18-,19-,21?,25+,26-/m0/s1. The number of benzene rings is 1. The lowest BCUT2D eigenvalue weighted by molar-refractivity contribution is -0.159. The topological polar surface area (TPSA) is 96.4 Å². The molecule has 1 N–H and O–H groups in total. The maximum atomic E-state index is 14.2. The van der Waals surface area contributed by atoms with Gasteiger partial charge in [0.15, 0.2) is 0 Å². The molecule has 34 heavy (non-hydrogen) atoms. The number of rotatable bonds is 3. The largest absolute Gasteiger partial charge is 0.465 e. The van der Waals surface area contributed by atoms with E-state index in [2.05, 4.69) is 0 Å².